The van der Waals surface area contributed by atoms with Gasteiger partial charge < -0.3 is 14.9 Å². The van der Waals surface area contributed by atoms with E-state index < -0.39 is 86.9 Å². The van der Waals surface area contributed by atoms with Crippen LogP contribution in [0.3, 0.4) is 0 Å². The number of hydrogen-bond donors (Lipinski definition) is 2. The van der Waals surface area contributed by atoms with Crippen molar-refractivity contribution in [2.75, 3.05) is 19.7 Å². The minimum Gasteiger partial charge on any atom is -0.486 e. The maximum Gasteiger partial charge on any atom is 0.419 e. The molecule has 1 heterocycles. The highest BCUT2D eigenvalue weighted by Gasteiger charge is 2.51. The molecule has 3 rings (SSSR count). The van der Waals surface area contributed by atoms with Gasteiger partial charge in [-0.25, -0.2) is 12.8 Å². The molecule has 1 aliphatic heterocycles. The second kappa shape index (κ2) is 8.94. The predicted octanol–water partition coefficient (Wildman–Crippen LogP) is 2.91. The molecule has 1 aliphatic rings. The van der Waals surface area contributed by atoms with E-state index in [-0.39, 0.29) is 6.07 Å². The van der Waals surface area contributed by atoms with Crippen molar-refractivity contribution in [1.29, 1.82) is 5.26 Å². The summed E-state index contributed by atoms with van der Waals surface area (Å²) in [4.78, 5) is -0.824. The molecule has 2 atom stereocenters. The topological polar surface area (TPSA) is 111 Å². The standard InChI is InChI=1S/C20H15F7N2O5S/c21-15-3-2-13(6-14(15)20(25,26)27)34-17-8-29(9-18(17,31)10-30)35(32,33)16-4-1-12(19(22,23)24)5-11(16)7-28/h1-6,17,30-31H,8-10H2/t17-,18+/m0/s1. The molecule has 0 bridgehead atoms. The van der Waals surface area contributed by atoms with Crippen LogP contribution in [0.1, 0.15) is 16.7 Å². The van der Waals surface area contributed by atoms with E-state index in [0.29, 0.717) is 28.6 Å². The van der Waals surface area contributed by atoms with Crippen molar-refractivity contribution in [3.63, 3.8) is 0 Å². The van der Waals surface area contributed by atoms with E-state index in [2.05, 4.69) is 0 Å². The molecule has 2 aromatic carbocycles. The van der Waals surface area contributed by atoms with Gasteiger partial charge in [0.15, 0.2) is 0 Å². The van der Waals surface area contributed by atoms with Gasteiger partial charge in [-0.1, -0.05) is 0 Å². The first-order chi connectivity index (χ1) is 16.0. The smallest absolute Gasteiger partial charge is 0.419 e. The average molecular weight is 528 g/mol. The van der Waals surface area contributed by atoms with E-state index in [1.165, 1.54) is 6.07 Å². The number of hydrogen-bond acceptors (Lipinski definition) is 6. The van der Waals surface area contributed by atoms with Crippen LogP contribution in [-0.2, 0) is 22.4 Å². The molecule has 1 fully saturated rings. The molecule has 0 amide bonds. The zero-order valence-electron chi connectivity index (χ0n) is 17.2. The highest BCUT2D eigenvalue weighted by Crippen LogP contribution is 2.37. The summed E-state index contributed by atoms with van der Waals surface area (Å²) in [6.07, 6.45) is -11.6. The van der Waals surface area contributed by atoms with Crippen molar-refractivity contribution >= 4 is 10.0 Å². The number of aliphatic hydroxyl groups is 2. The second-order valence-electron chi connectivity index (χ2n) is 7.63. The maximum absolute atomic E-state index is 13.5. The molecule has 2 aromatic rings. The first-order valence-electron chi connectivity index (χ1n) is 9.51. The molecule has 0 spiro atoms. The van der Waals surface area contributed by atoms with Gasteiger partial charge in [0.05, 0.1) is 34.7 Å². The molecule has 7 nitrogen and oxygen atoms in total. The predicted molar refractivity (Wildman–Crippen MR) is 103 cm³/mol. The Bertz CT molecular complexity index is 1270. The van der Waals surface area contributed by atoms with Gasteiger partial charge in [-0.15, -0.1) is 0 Å². The first kappa shape index (κ1) is 26.7. The Morgan fingerprint density at radius 3 is 2.31 bits per heavy atom. The van der Waals surface area contributed by atoms with Crippen LogP contribution in [0.2, 0.25) is 0 Å². The van der Waals surface area contributed by atoms with Crippen LogP contribution in [-0.4, -0.2) is 54.3 Å². The van der Waals surface area contributed by atoms with E-state index >= 15 is 0 Å². The lowest BCUT2D eigenvalue weighted by Gasteiger charge is -2.27. The summed E-state index contributed by atoms with van der Waals surface area (Å²) >= 11 is 0. The molecule has 0 aliphatic carbocycles. The van der Waals surface area contributed by atoms with Crippen LogP contribution in [0.4, 0.5) is 30.7 Å². The Kier molecular flexibility index (Phi) is 6.81. The number of benzene rings is 2. The van der Waals surface area contributed by atoms with Gasteiger partial charge in [-0.3, -0.25) is 0 Å². The van der Waals surface area contributed by atoms with Gasteiger partial charge in [-0.05, 0) is 36.4 Å². The Labute approximate surface area is 193 Å². The lowest BCUT2D eigenvalue weighted by Crippen LogP contribution is -2.48. The highest BCUT2D eigenvalue weighted by atomic mass is 32.2. The SMILES string of the molecule is N#Cc1cc(C(F)(F)F)ccc1S(=O)(=O)N1C[C@H](Oc2ccc(F)c(C(F)(F)F)c2)[C@](O)(CO)C1. The average Bonchev–Trinajstić information content (AvgIpc) is 3.10. The largest absolute Gasteiger partial charge is 0.486 e. The Balaban J connectivity index is 1.95. The molecule has 2 N–H and O–H groups in total. The molecular weight excluding hydrogens is 513 g/mol. The van der Waals surface area contributed by atoms with Crippen molar-refractivity contribution in [3.05, 3.63) is 58.9 Å². The Morgan fingerprint density at radius 2 is 1.77 bits per heavy atom. The monoisotopic (exact) mass is 528 g/mol. The third-order valence-electron chi connectivity index (χ3n) is 5.26. The van der Waals surface area contributed by atoms with E-state index in [9.17, 15) is 54.6 Å². The molecule has 0 unspecified atom stereocenters. The fourth-order valence-electron chi connectivity index (χ4n) is 3.43. The van der Waals surface area contributed by atoms with E-state index in [0.717, 1.165) is 6.07 Å². The van der Waals surface area contributed by atoms with E-state index in [4.69, 9.17) is 4.74 Å². The van der Waals surface area contributed by atoms with Gasteiger partial charge in [-0.2, -0.15) is 35.9 Å². The van der Waals surface area contributed by atoms with Crippen molar-refractivity contribution in [2.45, 2.75) is 29.0 Å². The van der Waals surface area contributed by atoms with Gasteiger partial charge in [0.25, 0.3) is 0 Å². The van der Waals surface area contributed by atoms with Crippen LogP contribution in [0.15, 0.2) is 41.3 Å². The van der Waals surface area contributed by atoms with E-state index in [1.54, 1.807) is 0 Å². The fourth-order valence-corrected chi connectivity index (χ4v) is 5.05. The van der Waals surface area contributed by atoms with Crippen molar-refractivity contribution in [2.24, 2.45) is 0 Å². The van der Waals surface area contributed by atoms with Gasteiger partial charge in [0.2, 0.25) is 10.0 Å². The molecule has 1 saturated heterocycles. The third-order valence-corrected chi connectivity index (χ3v) is 7.13. The number of rotatable bonds is 5. The highest BCUT2D eigenvalue weighted by molar-refractivity contribution is 7.89. The lowest BCUT2D eigenvalue weighted by atomic mass is 10.0. The molecule has 0 radical (unpaired) electrons. The number of nitriles is 1. The normalized spacial score (nSPS) is 21.7. The Hall–Kier alpha value is -2.93. The minimum atomic E-state index is -5.09. The molecule has 35 heavy (non-hydrogen) atoms. The lowest BCUT2D eigenvalue weighted by molar-refractivity contribution is -0.140. The first-order valence-corrected chi connectivity index (χ1v) is 10.9. The van der Waals surface area contributed by atoms with Crippen molar-refractivity contribution in [1.82, 2.24) is 4.31 Å². The zero-order chi connectivity index (χ0) is 26.4. The summed E-state index contributed by atoms with van der Waals surface area (Å²) in [5, 5.41) is 29.5. The molecule has 15 heteroatoms. The zero-order valence-corrected chi connectivity index (χ0v) is 18.0. The summed E-state index contributed by atoms with van der Waals surface area (Å²) in [6, 6.07) is 4.20. The van der Waals surface area contributed by atoms with Gasteiger partial charge in [0.1, 0.15) is 29.3 Å². The number of nitrogens with zero attached hydrogens (tertiary/aromatic N) is 2. The molecule has 0 aromatic heterocycles. The van der Waals surface area contributed by atoms with Crippen molar-refractivity contribution in [3.8, 4) is 11.8 Å². The summed E-state index contributed by atoms with van der Waals surface area (Å²) in [7, 11) is -4.74. The summed E-state index contributed by atoms with van der Waals surface area (Å²) < 4.78 is 123. The summed E-state index contributed by atoms with van der Waals surface area (Å²) in [5.41, 5.74) is -6.16. The third kappa shape index (κ3) is 5.20. The van der Waals surface area contributed by atoms with Gasteiger partial charge in [0, 0.05) is 6.54 Å². The number of halogens is 7. The number of aliphatic hydroxyl groups excluding tert-OH is 1. The molecule has 0 saturated carbocycles. The summed E-state index contributed by atoms with van der Waals surface area (Å²) in [5.74, 6) is -2.20. The van der Waals surface area contributed by atoms with Crippen molar-refractivity contribution < 1.29 is 54.1 Å². The van der Waals surface area contributed by atoms with Crippen LogP contribution in [0, 0.1) is 17.1 Å². The second-order valence-corrected chi connectivity index (χ2v) is 9.53. The van der Waals surface area contributed by atoms with E-state index in [1.807, 2.05) is 0 Å². The van der Waals surface area contributed by atoms with Crippen LogP contribution < -0.4 is 4.74 Å². The number of β-amino-alcohol motifs (C(OH)–C–C–N with tert-alkyl or cyclic N) is 1. The quantitative estimate of drug-likeness (QED) is 0.578. The number of ether oxygens (including phenoxy) is 1. The Morgan fingerprint density at radius 1 is 1.11 bits per heavy atom. The van der Waals surface area contributed by atoms with Crippen LogP contribution >= 0.6 is 0 Å². The van der Waals surface area contributed by atoms with Crippen LogP contribution in [0.25, 0.3) is 0 Å². The van der Waals surface area contributed by atoms with Gasteiger partial charge >= 0.3 is 12.4 Å². The molecular formula is C20H15F7N2O5S. The summed E-state index contributed by atoms with van der Waals surface area (Å²) in [6.45, 7) is -2.74. The minimum absolute atomic E-state index is 0.286. The fraction of sp³-hybridized carbons (Fsp3) is 0.350. The number of sulfonamides is 1. The maximum atomic E-state index is 13.5. The van der Waals surface area contributed by atoms with Crippen LogP contribution in [0.5, 0.6) is 5.75 Å². The molecule has 190 valence electrons. The number of alkyl halides is 6.